The first-order valence-corrected chi connectivity index (χ1v) is 12.4. The summed E-state index contributed by atoms with van der Waals surface area (Å²) in [4.78, 5) is 16.9. The maximum absolute atomic E-state index is 13.0. The van der Waals surface area contributed by atoms with Crippen molar-refractivity contribution in [3.05, 3.63) is 74.6 Å². The Morgan fingerprint density at radius 3 is 2.47 bits per heavy atom. The Balaban J connectivity index is 1.42. The molecule has 12 heteroatoms. The molecule has 3 aromatic rings. The van der Waals surface area contributed by atoms with Gasteiger partial charge in [-0.25, -0.2) is 13.4 Å². The normalized spacial score (nSPS) is 15.1. The van der Waals surface area contributed by atoms with Gasteiger partial charge in [0.25, 0.3) is 5.69 Å². The topological polar surface area (TPSA) is 110 Å². The standard InChI is InChI=1S/C20H20ClN5O4S2/c1-14-2-4-15(5-3-14)12-19-22-20(31-23-19)24-8-10-25(11-9-24)32(29,30)16-6-7-17(21)18(13-16)26(27)28/h2-7,13H,8-12H2,1H3. The van der Waals surface area contributed by atoms with Crippen LogP contribution in [0.5, 0.6) is 0 Å². The molecule has 0 unspecified atom stereocenters. The van der Waals surface area contributed by atoms with Crippen LogP contribution in [-0.4, -0.2) is 53.2 Å². The molecule has 1 aromatic heterocycles. The highest BCUT2D eigenvalue weighted by Crippen LogP contribution is 2.29. The highest BCUT2D eigenvalue weighted by atomic mass is 35.5. The largest absolute Gasteiger partial charge is 0.344 e. The fourth-order valence-electron chi connectivity index (χ4n) is 3.40. The molecule has 4 rings (SSSR count). The molecule has 2 heterocycles. The Hall–Kier alpha value is -2.60. The van der Waals surface area contributed by atoms with Crippen LogP contribution in [0, 0.1) is 17.0 Å². The second-order valence-electron chi connectivity index (χ2n) is 7.42. The minimum absolute atomic E-state index is 0.100. The van der Waals surface area contributed by atoms with Crippen LogP contribution in [0.3, 0.4) is 0 Å². The first kappa shape index (κ1) is 22.6. The number of aromatic nitrogens is 2. The lowest BCUT2D eigenvalue weighted by Crippen LogP contribution is -2.48. The molecule has 168 valence electrons. The Morgan fingerprint density at radius 1 is 1.12 bits per heavy atom. The van der Waals surface area contributed by atoms with Gasteiger partial charge >= 0.3 is 0 Å². The van der Waals surface area contributed by atoms with E-state index in [9.17, 15) is 18.5 Å². The van der Waals surface area contributed by atoms with Gasteiger partial charge in [-0.2, -0.15) is 8.68 Å². The van der Waals surface area contributed by atoms with Crippen molar-refractivity contribution < 1.29 is 13.3 Å². The van der Waals surface area contributed by atoms with E-state index >= 15 is 0 Å². The number of piperazine rings is 1. The van der Waals surface area contributed by atoms with Gasteiger partial charge in [0.05, 0.1) is 9.82 Å². The second kappa shape index (κ2) is 9.10. The van der Waals surface area contributed by atoms with Crippen LogP contribution in [0.15, 0.2) is 47.4 Å². The van der Waals surface area contributed by atoms with Crippen molar-refractivity contribution in [1.82, 2.24) is 13.7 Å². The summed E-state index contributed by atoms with van der Waals surface area (Å²) in [5, 5.41) is 11.8. The number of halogens is 1. The SMILES string of the molecule is Cc1ccc(Cc2nsc(N3CCN(S(=O)(=O)c4ccc(Cl)c([N+](=O)[O-])c4)CC3)n2)cc1. The molecule has 0 saturated carbocycles. The van der Waals surface area contributed by atoms with E-state index in [1.54, 1.807) is 0 Å². The van der Waals surface area contributed by atoms with E-state index in [0.29, 0.717) is 19.5 Å². The molecule has 0 aliphatic carbocycles. The number of nitrogens with zero attached hydrogens (tertiary/aromatic N) is 5. The zero-order valence-corrected chi connectivity index (χ0v) is 19.5. The predicted molar refractivity (Wildman–Crippen MR) is 123 cm³/mol. The van der Waals surface area contributed by atoms with Gasteiger partial charge in [0.2, 0.25) is 15.2 Å². The number of nitro groups is 1. The van der Waals surface area contributed by atoms with Gasteiger partial charge in [-0.3, -0.25) is 10.1 Å². The highest BCUT2D eigenvalue weighted by Gasteiger charge is 2.31. The third-order valence-corrected chi connectivity index (χ3v) is 8.23. The monoisotopic (exact) mass is 493 g/mol. The molecule has 0 spiro atoms. The molecular weight excluding hydrogens is 474 g/mol. The van der Waals surface area contributed by atoms with Crippen molar-refractivity contribution in [2.75, 3.05) is 31.1 Å². The van der Waals surface area contributed by atoms with E-state index in [-0.39, 0.29) is 23.0 Å². The second-order valence-corrected chi connectivity index (χ2v) is 10.5. The van der Waals surface area contributed by atoms with Crippen molar-refractivity contribution in [3.63, 3.8) is 0 Å². The maximum atomic E-state index is 13.0. The molecule has 32 heavy (non-hydrogen) atoms. The van der Waals surface area contributed by atoms with Crippen LogP contribution >= 0.6 is 23.1 Å². The van der Waals surface area contributed by atoms with Crippen molar-refractivity contribution in [2.24, 2.45) is 0 Å². The van der Waals surface area contributed by atoms with Gasteiger partial charge in [-0.15, -0.1) is 0 Å². The van der Waals surface area contributed by atoms with E-state index in [1.807, 2.05) is 11.8 Å². The number of hydrogen-bond donors (Lipinski definition) is 0. The van der Waals surface area contributed by atoms with E-state index in [0.717, 1.165) is 22.6 Å². The summed E-state index contributed by atoms with van der Waals surface area (Å²) in [5.41, 5.74) is 1.90. The van der Waals surface area contributed by atoms with Crippen LogP contribution in [0.2, 0.25) is 5.02 Å². The summed E-state index contributed by atoms with van der Waals surface area (Å²) in [7, 11) is -3.87. The van der Waals surface area contributed by atoms with E-state index < -0.39 is 20.6 Å². The molecule has 1 aliphatic heterocycles. The summed E-state index contributed by atoms with van der Waals surface area (Å²) in [6.45, 7) is 3.43. The first-order chi connectivity index (χ1) is 15.2. The number of anilines is 1. The molecule has 1 saturated heterocycles. The molecule has 0 N–H and O–H groups in total. The van der Waals surface area contributed by atoms with Gasteiger partial charge in [-0.1, -0.05) is 41.4 Å². The molecule has 0 radical (unpaired) electrons. The van der Waals surface area contributed by atoms with E-state index in [2.05, 4.69) is 33.6 Å². The van der Waals surface area contributed by atoms with E-state index in [1.165, 1.54) is 33.5 Å². The summed E-state index contributed by atoms with van der Waals surface area (Å²) < 4.78 is 31.7. The molecular formula is C20H20ClN5O4S2. The number of aryl methyl sites for hydroxylation is 1. The minimum Gasteiger partial charge on any atom is -0.344 e. The first-order valence-electron chi connectivity index (χ1n) is 9.81. The fraction of sp³-hybridized carbons (Fsp3) is 0.300. The molecule has 2 aromatic carbocycles. The van der Waals surface area contributed by atoms with Gasteiger partial charge in [-0.05, 0) is 24.6 Å². The number of rotatable bonds is 6. The van der Waals surface area contributed by atoms with Gasteiger partial charge < -0.3 is 4.90 Å². The van der Waals surface area contributed by atoms with Crippen LogP contribution in [0.1, 0.15) is 17.0 Å². The average Bonchev–Trinajstić information content (AvgIpc) is 3.24. The lowest BCUT2D eigenvalue weighted by molar-refractivity contribution is -0.384. The van der Waals surface area contributed by atoms with Crippen LogP contribution in [0.4, 0.5) is 10.8 Å². The van der Waals surface area contributed by atoms with Gasteiger partial charge in [0.1, 0.15) is 10.8 Å². The Kier molecular flexibility index (Phi) is 6.42. The number of nitro benzene ring substituents is 1. The van der Waals surface area contributed by atoms with Gasteiger partial charge in [0, 0.05) is 50.2 Å². The van der Waals surface area contributed by atoms with Crippen molar-refractivity contribution in [3.8, 4) is 0 Å². The Morgan fingerprint density at radius 2 is 1.81 bits per heavy atom. The summed E-state index contributed by atoms with van der Waals surface area (Å²) >= 11 is 7.10. The summed E-state index contributed by atoms with van der Waals surface area (Å²) in [5.74, 6) is 0.734. The number of benzene rings is 2. The maximum Gasteiger partial charge on any atom is 0.289 e. The minimum atomic E-state index is -3.87. The van der Waals surface area contributed by atoms with Crippen molar-refractivity contribution in [2.45, 2.75) is 18.2 Å². The molecule has 0 amide bonds. The van der Waals surface area contributed by atoms with Crippen LogP contribution < -0.4 is 4.90 Å². The highest BCUT2D eigenvalue weighted by molar-refractivity contribution is 7.89. The predicted octanol–water partition coefficient (Wildman–Crippen LogP) is 3.51. The Labute approximate surface area is 194 Å². The molecule has 1 aliphatic rings. The Bertz CT molecular complexity index is 1240. The lowest BCUT2D eigenvalue weighted by Gasteiger charge is -2.33. The number of hydrogen-bond acceptors (Lipinski definition) is 8. The van der Waals surface area contributed by atoms with Crippen LogP contribution in [0.25, 0.3) is 0 Å². The zero-order valence-electron chi connectivity index (χ0n) is 17.1. The quantitative estimate of drug-likeness (QED) is 0.381. The molecule has 0 bridgehead atoms. The fourth-order valence-corrected chi connectivity index (χ4v) is 5.76. The zero-order chi connectivity index (χ0) is 22.9. The number of sulfonamides is 1. The van der Waals surface area contributed by atoms with Gasteiger partial charge in [0.15, 0.2) is 0 Å². The van der Waals surface area contributed by atoms with Crippen molar-refractivity contribution >= 4 is 44.0 Å². The molecule has 0 atom stereocenters. The average molecular weight is 494 g/mol. The molecule has 9 nitrogen and oxygen atoms in total. The summed E-state index contributed by atoms with van der Waals surface area (Å²) in [6, 6.07) is 11.8. The summed E-state index contributed by atoms with van der Waals surface area (Å²) in [6.07, 6.45) is 0.639. The smallest absolute Gasteiger partial charge is 0.289 e. The lowest BCUT2D eigenvalue weighted by atomic mass is 10.1. The third-order valence-electron chi connectivity index (χ3n) is 5.20. The third kappa shape index (κ3) is 4.75. The van der Waals surface area contributed by atoms with E-state index in [4.69, 9.17) is 11.6 Å². The van der Waals surface area contributed by atoms with Crippen molar-refractivity contribution in [1.29, 1.82) is 0 Å². The van der Waals surface area contributed by atoms with Crippen LogP contribution in [-0.2, 0) is 16.4 Å². The molecule has 1 fully saturated rings.